The summed E-state index contributed by atoms with van der Waals surface area (Å²) in [6.07, 6.45) is 6.10. The van der Waals surface area contributed by atoms with Crippen LogP contribution in [0, 0.1) is 5.82 Å². The van der Waals surface area contributed by atoms with E-state index in [9.17, 15) is 9.18 Å². The molecule has 0 radical (unpaired) electrons. The zero-order valence-electron chi connectivity index (χ0n) is 12.3. The number of benzene rings is 1. The van der Waals surface area contributed by atoms with Gasteiger partial charge in [-0.25, -0.2) is 9.82 Å². The first-order valence-electron chi connectivity index (χ1n) is 7.22. The minimum atomic E-state index is -0.280. The highest BCUT2D eigenvalue weighted by molar-refractivity contribution is 5.99. The molecule has 1 aromatic rings. The van der Waals surface area contributed by atoms with Crippen molar-refractivity contribution < 1.29 is 9.18 Å². The van der Waals surface area contributed by atoms with Crippen molar-refractivity contribution in [2.75, 3.05) is 0 Å². The fraction of sp³-hybridized carbons (Fsp3) is 0.500. The van der Waals surface area contributed by atoms with Gasteiger partial charge in [-0.1, -0.05) is 44.7 Å². The average molecular weight is 278 g/mol. The summed E-state index contributed by atoms with van der Waals surface area (Å²) in [7, 11) is 0. The molecule has 1 amide bonds. The molecule has 0 spiro atoms. The van der Waals surface area contributed by atoms with Crippen LogP contribution in [0.5, 0.6) is 0 Å². The number of halogens is 1. The molecule has 20 heavy (non-hydrogen) atoms. The molecule has 0 bridgehead atoms. The molecular weight excluding hydrogens is 255 g/mol. The van der Waals surface area contributed by atoms with E-state index in [-0.39, 0.29) is 11.7 Å². The molecule has 0 heterocycles. The van der Waals surface area contributed by atoms with Crippen LogP contribution in [0.3, 0.4) is 0 Å². The minimum Gasteiger partial charge on any atom is -0.273 e. The predicted molar refractivity (Wildman–Crippen MR) is 80.1 cm³/mol. The molecule has 0 aliphatic heterocycles. The standard InChI is InChI=1S/C16H23FN2O/c1-3-4-5-6-7-8-16(20)19-18-13(2)14-9-11-15(17)12-10-14/h9-12H,3-8H2,1-2H3,(H,19,20)/b18-13+. The Hall–Kier alpha value is -1.71. The van der Waals surface area contributed by atoms with Crippen molar-refractivity contribution >= 4 is 11.6 Å². The number of nitrogens with zero attached hydrogens (tertiary/aromatic N) is 1. The quantitative estimate of drug-likeness (QED) is 0.435. The third kappa shape index (κ3) is 6.45. The maximum Gasteiger partial charge on any atom is 0.240 e. The number of hydrogen-bond donors (Lipinski definition) is 1. The van der Waals surface area contributed by atoms with Gasteiger partial charge in [-0.15, -0.1) is 0 Å². The average Bonchev–Trinajstić information content (AvgIpc) is 2.45. The topological polar surface area (TPSA) is 41.5 Å². The van der Waals surface area contributed by atoms with E-state index in [0.717, 1.165) is 18.4 Å². The molecule has 4 heteroatoms. The lowest BCUT2D eigenvalue weighted by Gasteiger charge is -2.03. The maximum atomic E-state index is 12.8. The molecule has 0 aliphatic carbocycles. The van der Waals surface area contributed by atoms with Crippen LogP contribution in [-0.2, 0) is 4.79 Å². The van der Waals surface area contributed by atoms with E-state index < -0.39 is 0 Å². The van der Waals surface area contributed by atoms with E-state index in [4.69, 9.17) is 0 Å². The Morgan fingerprint density at radius 1 is 1.15 bits per heavy atom. The lowest BCUT2D eigenvalue weighted by atomic mass is 10.1. The molecule has 1 N–H and O–H groups in total. The highest BCUT2D eigenvalue weighted by atomic mass is 19.1. The molecule has 1 aromatic carbocycles. The number of hydrazone groups is 1. The Morgan fingerprint density at radius 3 is 2.45 bits per heavy atom. The smallest absolute Gasteiger partial charge is 0.240 e. The van der Waals surface area contributed by atoms with Crippen molar-refractivity contribution in [3.63, 3.8) is 0 Å². The highest BCUT2D eigenvalue weighted by Gasteiger charge is 2.01. The third-order valence-corrected chi connectivity index (χ3v) is 3.12. The summed E-state index contributed by atoms with van der Waals surface area (Å²) >= 11 is 0. The zero-order valence-corrected chi connectivity index (χ0v) is 12.3. The monoisotopic (exact) mass is 278 g/mol. The van der Waals surface area contributed by atoms with Crippen molar-refractivity contribution in [3.8, 4) is 0 Å². The molecule has 0 aliphatic rings. The summed E-state index contributed by atoms with van der Waals surface area (Å²) < 4.78 is 12.8. The lowest BCUT2D eigenvalue weighted by molar-refractivity contribution is -0.121. The first kappa shape index (κ1) is 16.3. The molecule has 0 saturated carbocycles. The van der Waals surface area contributed by atoms with E-state index in [2.05, 4.69) is 17.5 Å². The van der Waals surface area contributed by atoms with Crippen LogP contribution in [0.15, 0.2) is 29.4 Å². The molecule has 0 fully saturated rings. The van der Waals surface area contributed by atoms with Crippen LogP contribution in [-0.4, -0.2) is 11.6 Å². The molecule has 0 atom stereocenters. The largest absolute Gasteiger partial charge is 0.273 e. The fourth-order valence-corrected chi connectivity index (χ4v) is 1.85. The van der Waals surface area contributed by atoms with Gasteiger partial charge < -0.3 is 0 Å². The second kappa shape index (κ2) is 9.23. The second-order valence-corrected chi connectivity index (χ2v) is 4.90. The summed E-state index contributed by atoms with van der Waals surface area (Å²) in [6.45, 7) is 3.95. The third-order valence-electron chi connectivity index (χ3n) is 3.12. The number of unbranched alkanes of at least 4 members (excludes halogenated alkanes) is 4. The van der Waals surface area contributed by atoms with Gasteiger partial charge in [0.05, 0.1) is 5.71 Å². The molecule has 3 nitrogen and oxygen atoms in total. The van der Waals surface area contributed by atoms with E-state index in [1.165, 1.54) is 31.4 Å². The number of carbonyl (C=O) groups excluding carboxylic acids is 1. The summed E-state index contributed by atoms with van der Waals surface area (Å²) in [6, 6.07) is 6.05. The van der Waals surface area contributed by atoms with Gasteiger partial charge in [-0.05, 0) is 31.0 Å². The van der Waals surface area contributed by atoms with Crippen LogP contribution >= 0.6 is 0 Å². The first-order valence-corrected chi connectivity index (χ1v) is 7.22. The van der Waals surface area contributed by atoms with Crippen LogP contribution in [0.1, 0.15) is 57.9 Å². The molecular formula is C16H23FN2O. The van der Waals surface area contributed by atoms with Gasteiger partial charge in [0.25, 0.3) is 0 Å². The SMILES string of the molecule is CCCCCCCC(=O)N/N=C(\C)c1ccc(F)cc1. The van der Waals surface area contributed by atoms with Crippen molar-refractivity contribution in [1.82, 2.24) is 5.43 Å². The van der Waals surface area contributed by atoms with E-state index >= 15 is 0 Å². The maximum absolute atomic E-state index is 12.8. The molecule has 0 unspecified atom stereocenters. The van der Waals surface area contributed by atoms with Crippen molar-refractivity contribution in [2.24, 2.45) is 5.10 Å². The Bertz CT molecular complexity index is 440. The normalized spacial score (nSPS) is 11.4. The van der Waals surface area contributed by atoms with Crippen LogP contribution in [0.4, 0.5) is 4.39 Å². The summed E-state index contributed by atoms with van der Waals surface area (Å²) in [4.78, 5) is 11.6. The van der Waals surface area contributed by atoms with Crippen LogP contribution in [0.2, 0.25) is 0 Å². The lowest BCUT2D eigenvalue weighted by Crippen LogP contribution is -2.18. The van der Waals surface area contributed by atoms with Crippen molar-refractivity contribution in [2.45, 2.75) is 52.4 Å². The van der Waals surface area contributed by atoms with Gasteiger partial charge in [0.15, 0.2) is 0 Å². The van der Waals surface area contributed by atoms with E-state index in [1.807, 2.05) is 0 Å². The van der Waals surface area contributed by atoms with Gasteiger partial charge in [0.1, 0.15) is 5.82 Å². The Labute approximate surface area is 120 Å². The van der Waals surface area contributed by atoms with Crippen molar-refractivity contribution in [3.05, 3.63) is 35.6 Å². The van der Waals surface area contributed by atoms with Crippen molar-refractivity contribution in [1.29, 1.82) is 0 Å². The second-order valence-electron chi connectivity index (χ2n) is 4.90. The fourth-order valence-electron chi connectivity index (χ4n) is 1.85. The highest BCUT2D eigenvalue weighted by Crippen LogP contribution is 2.05. The minimum absolute atomic E-state index is 0.0667. The van der Waals surface area contributed by atoms with Gasteiger partial charge in [0, 0.05) is 6.42 Å². The Kier molecular flexibility index (Phi) is 7.55. The predicted octanol–water partition coefficient (Wildman–Crippen LogP) is 4.03. The summed E-state index contributed by atoms with van der Waals surface area (Å²) in [5.41, 5.74) is 4.01. The number of rotatable bonds is 8. The molecule has 0 aromatic heterocycles. The Balaban J connectivity index is 2.31. The van der Waals surface area contributed by atoms with Gasteiger partial charge in [-0.2, -0.15) is 5.10 Å². The Morgan fingerprint density at radius 2 is 1.80 bits per heavy atom. The zero-order chi connectivity index (χ0) is 14.8. The number of nitrogens with one attached hydrogen (secondary N) is 1. The van der Waals surface area contributed by atoms with Gasteiger partial charge >= 0.3 is 0 Å². The van der Waals surface area contributed by atoms with Crippen LogP contribution < -0.4 is 5.43 Å². The number of hydrogen-bond acceptors (Lipinski definition) is 2. The van der Waals surface area contributed by atoms with Gasteiger partial charge in [-0.3, -0.25) is 4.79 Å². The molecule has 0 saturated heterocycles. The summed E-state index contributed by atoms with van der Waals surface area (Å²) in [5.74, 6) is -0.347. The first-order chi connectivity index (χ1) is 9.63. The number of carbonyl (C=O) groups is 1. The summed E-state index contributed by atoms with van der Waals surface area (Å²) in [5, 5.41) is 4.03. The van der Waals surface area contributed by atoms with E-state index in [0.29, 0.717) is 12.1 Å². The van der Waals surface area contributed by atoms with Gasteiger partial charge in [0.2, 0.25) is 5.91 Å². The number of amides is 1. The van der Waals surface area contributed by atoms with E-state index in [1.54, 1.807) is 19.1 Å². The molecule has 1 rings (SSSR count). The van der Waals surface area contributed by atoms with Crippen LogP contribution in [0.25, 0.3) is 0 Å². The molecule has 110 valence electrons.